The Bertz CT molecular complexity index is 1250. The molecule has 0 aliphatic heterocycles. The molecule has 140 valence electrons. The van der Waals surface area contributed by atoms with Crippen molar-refractivity contribution in [3.8, 4) is 11.1 Å². The predicted molar refractivity (Wildman–Crippen MR) is 105 cm³/mol. The fourth-order valence-corrected chi connectivity index (χ4v) is 3.94. The van der Waals surface area contributed by atoms with Gasteiger partial charge in [0.1, 0.15) is 23.0 Å². The first kappa shape index (κ1) is 18.3. The van der Waals surface area contributed by atoms with Crippen LogP contribution in [0.15, 0.2) is 69.6 Å². The number of aromatic nitrogens is 3. The highest BCUT2D eigenvalue weighted by Crippen LogP contribution is 2.31. The van der Waals surface area contributed by atoms with Crippen LogP contribution in [0.25, 0.3) is 16.6 Å². The first-order valence-electron chi connectivity index (χ1n) is 8.52. The van der Waals surface area contributed by atoms with Gasteiger partial charge in [-0.25, -0.2) is 13.3 Å². The molecule has 4 nitrogen and oxygen atoms in total. The van der Waals surface area contributed by atoms with Crippen LogP contribution >= 0.6 is 11.8 Å². The number of hydrogen-bond acceptors (Lipinski definition) is 4. The fourth-order valence-electron chi connectivity index (χ4n) is 3.16. The second-order valence-corrected chi connectivity index (χ2v) is 7.43. The van der Waals surface area contributed by atoms with Crippen molar-refractivity contribution in [1.29, 1.82) is 0 Å². The van der Waals surface area contributed by atoms with E-state index in [2.05, 4.69) is 10.1 Å². The fraction of sp³-hybridized carbons (Fsp3) is 0.0952. The van der Waals surface area contributed by atoms with E-state index in [-0.39, 0.29) is 10.5 Å². The average Bonchev–Trinajstić information content (AvgIpc) is 2.65. The number of fused-ring (bicyclic) bond motifs is 1. The summed E-state index contributed by atoms with van der Waals surface area (Å²) in [6.45, 7) is 3.89. The standard InChI is InChI=1S/C21H15F2N3OS/c1-12-4-3-5-13(2)19(12)20-16-7-9-18(25-26(16)11-24-21(20)27)28-17-8-6-14(22)10-15(17)23/h3-11H,1-2H3. The van der Waals surface area contributed by atoms with Gasteiger partial charge in [-0.3, -0.25) is 4.79 Å². The Morgan fingerprint density at radius 1 is 0.964 bits per heavy atom. The van der Waals surface area contributed by atoms with E-state index in [1.54, 1.807) is 12.1 Å². The zero-order chi connectivity index (χ0) is 19.8. The summed E-state index contributed by atoms with van der Waals surface area (Å²) in [6, 6.07) is 12.7. The molecule has 0 N–H and O–H groups in total. The molecule has 0 saturated heterocycles. The number of rotatable bonds is 3. The molecule has 4 aromatic rings. The zero-order valence-electron chi connectivity index (χ0n) is 15.1. The Hall–Kier alpha value is -3.06. The quantitative estimate of drug-likeness (QED) is 0.500. The Balaban J connectivity index is 1.84. The maximum absolute atomic E-state index is 13.9. The third-order valence-corrected chi connectivity index (χ3v) is 5.41. The molecular formula is C21H15F2N3OS. The minimum Gasteiger partial charge on any atom is -0.267 e. The largest absolute Gasteiger partial charge is 0.281 e. The molecule has 2 aromatic heterocycles. The maximum atomic E-state index is 13.9. The van der Waals surface area contributed by atoms with Crippen molar-refractivity contribution in [1.82, 2.24) is 14.6 Å². The molecule has 0 amide bonds. The lowest BCUT2D eigenvalue weighted by Gasteiger charge is -2.12. The van der Waals surface area contributed by atoms with Gasteiger partial charge in [0.2, 0.25) is 0 Å². The number of hydrogen-bond donors (Lipinski definition) is 0. The maximum Gasteiger partial charge on any atom is 0.281 e. The van der Waals surface area contributed by atoms with Crippen molar-refractivity contribution in [3.05, 3.63) is 88.0 Å². The van der Waals surface area contributed by atoms with E-state index in [4.69, 9.17) is 0 Å². The first-order valence-corrected chi connectivity index (χ1v) is 9.34. The van der Waals surface area contributed by atoms with Crippen molar-refractivity contribution < 1.29 is 8.78 Å². The van der Waals surface area contributed by atoms with Crippen LogP contribution in [0.4, 0.5) is 8.78 Å². The van der Waals surface area contributed by atoms with Gasteiger partial charge in [0.25, 0.3) is 5.56 Å². The van der Waals surface area contributed by atoms with E-state index >= 15 is 0 Å². The second-order valence-electron chi connectivity index (χ2n) is 6.37. The van der Waals surface area contributed by atoms with Gasteiger partial charge in [-0.05, 0) is 54.8 Å². The number of aryl methyl sites for hydroxylation is 2. The van der Waals surface area contributed by atoms with E-state index in [9.17, 15) is 13.6 Å². The van der Waals surface area contributed by atoms with Gasteiger partial charge in [0.15, 0.2) is 0 Å². The van der Waals surface area contributed by atoms with Crippen LogP contribution in [0.2, 0.25) is 0 Å². The van der Waals surface area contributed by atoms with Crippen LogP contribution in [0.3, 0.4) is 0 Å². The van der Waals surface area contributed by atoms with E-state index in [0.717, 1.165) is 34.5 Å². The van der Waals surface area contributed by atoms with Crippen LogP contribution < -0.4 is 5.56 Å². The molecule has 0 unspecified atom stereocenters. The molecule has 0 saturated carbocycles. The van der Waals surface area contributed by atoms with Gasteiger partial charge in [-0.2, -0.15) is 10.1 Å². The molecule has 2 heterocycles. The van der Waals surface area contributed by atoms with Crippen molar-refractivity contribution in [2.45, 2.75) is 23.8 Å². The van der Waals surface area contributed by atoms with Gasteiger partial charge >= 0.3 is 0 Å². The van der Waals surface area contributed by atoms with Crippen LogP contribution in [0.5, 0.6) is 0 Å². The Morgan fingerprint density at radius 2 is 1.71 bits per heavy atom. The van der Waals surface area contributed by atoms with E-state index in [1.165, 1.54) is 23.0 Å². The van der Waals surface area contributed by atoms with Crippen molar-refractivity contribution in [3.63, 3.8) is 0 Å². The lowest BCUT2D eigenvalue weighted by atomic mass is 9.96. The molecule has 0 radical (unpaired) electrons. The monoisotopic (exact) mass is 395 g/mol. The molecule has 28 heavy (non-hydrogen) atoms. The third kappa shape index (κ3) is 3.29. The van der Waals surface area contributed by atoms with Crippen molar-refractivity contribution in [2.24, 2.45) is 0 Å². The first-order chi connectivity index (χ1) is 13.4. The Kier molecular flexibility index (Phi) is 4.68. The highest BCUT2D eigenvalue weighted by molar-refractivity contribution is 7.99. The SMILES string of the molecule is Cc1cccc(C)c1-c1c(=O)ncn2nc(Sc3ccc(F)cc3F)ccc12. The molecule has 0 aliphatic carbocycles. The summed E-state index contributed by atoms with van der Waals surface area (Å²) in [6.07, 6.45) is 1.35. The lowest BCUT2D eigenvalue weighted by Crippen LogP contribution is -2.14. The Labute approximate surface area is 163 Å². The summed E-state index contributed by atoms with van der Waals surface area (Å²) in [5, 5.41) is 4.93. The number of benzene rings is 2. The van der Waals surface area contributed by atoms with Crippen molar-refractivity contribution >= 4 is 17.3 Å². The van der Waals surface area contributed by atoms with Gasteiger partial charge in [-0.1, -0.05) is 30.0 Å². The minimum atomic E-state index is -0.652. The molecule has 4 rings (SSSR count). The molecule has 7 heteroatoms. The zero-order valence-corrected chi connectivity index (χ0v) is 15.9. The summed E-state index contributed by atoms with van der Waals surface area (Å²) in [7, 11) is 0. The summed E-state index contributed by atoms with van der Waals surface area (Å²) in [5.41, 5.74) is 3.54. The van der Waals surface area contributed by atoms with Crippen molar-refractivity contribution in [2.75, 3.05) is 0 Å². The highest BCUT2D eigenvalue weighted by Gasteiger charge is 2.15. The summed E-state index contributed by atoms with van der Waals surface area (Å²) in [4.78, 5) is 16.8. The van der Waals surface area contributed by atoms with Gasteiger partial charge in [-0.15, -0.1) is 0 Å². The Morgan fingerprint density at radius 3 is 2.43 bits per heavy atom. The molecule has 0 atom stereocenters. The van der Waals surface area contributed by atoms with Crippen LogP contribution in [-0.2, 0) is 0 Å². The van der Waals surface area contributed by atoms with Gasteiger partial charge in [0.05, 0.1) is 11.1 Å². The van der Waals surface area contributed by atoms with Gasteiger partial charge in [0, 0.05) is 11.0 Å². The molecule has 0 aliphatic rings. The molecule has 2 aromatic carbocycles. The summed E-state index contributed by atoms with van der Waals surface area (Å²) < 4.78 is 28.5. The highest BCUT2D eigenvalue weighted by atomic mass is 32.2. The normalized spacial score (nSPS) is 11.1. The van der Waals surface area contributed by atoms with E-state index in [1.807, 2.05) is 32.0 Å². The second kappa shape index (κ2) is 7.16. The lowest BCUT2D eigenvalue weighted by molar-refractivity contribution is 0.565. The van der Waals surface area contributed by atoms with E-state index in [0.29, 0.717) is 16.1 Å². The molecular weight excluding hydrogens is 380 g/mol. The predicted octanol–water partition coefficient (Wildman–Crippen LogP) is 4.80. The van der Waals surface area contributed by atoms with Crippen LogP contribution in [-0.4, -0.2) is 14.6 Å². The third-order valence-electron chi connectivity index (χ3n) is 4.43. The van der Waals surface area contributed by atoms with Crippen LogP contribution in [0.1, 0.15) is 11.1 Å². The van der Waals surface area contributed by atoms with Gasteiger partial charge < -0.3 is 0 Å². The minimum absolute atomic E-state index is 0.261. The number of nitrogens with zero attached hydrogens (tertiary/aromatic N) is 3. The molecule has 0 bridgehead atoms. The summed E-state index contributed by atoms with van der Waals surface area (Å²) >= 11 is 1.07. The average molecular weight is 395 g/mol. The van der Waals surface area contributed by atoms with Crippen LogP contribution in [0, 0.1) is 25.5 Å². The van der Waals surface area contributed by atoms with E-state index < -0.39 is 11.6 Å². The number of halogens is 2. The summed E-state index contributed by atoms with van der Waals surface area (Å²) in [5.74, 6) is -1.28. The molecule has 0 spiro atoms. The topological polar surface area (TPSA) is 47.3 Å². The molecule has 0 fully saturated rings. The smallest absolute Gasteiger partial charge is 0.267 e.